The first kappa shape index (κ1) is 15.4. The van der Waals surface area contributed by atoms with Gasteiger partial charge in [0.2, 0.25) is 0 Å². The Hall–Kier alpha value is -2.83. The number of fused-ring (bicyclic) bond motifs is 3. The number of likely N-dealkylation sites (tertiary alicyclic amines) is 1. The van der Waals surface area contributed by atoms with Gasteiger partial charge in [-0.1, -0.05) is 12.1 Å². The zero-order chi connectivity index (χ0) is 17.8. The molecule has 1 saturated heterocycles. The van der Waals surface area contributed by atoms with Crippen molar-refractivity contribution in [2.45, 2.75) is 37.5 Å². The molecule has 3 heterocycles. The van der Waals surface area contributed by atoms with Crippen LogP contribution in [-0.4, -0.2) is 43.8 Å². The number of carboxylic acid groups (broad SMARTS) is 1. The highest BCUT2D eigenvalue weighted by Crippen LogP contribution is 2.44. The molecule has 5 rings (SSSR count). The molecule has 2 fully saturated rings. The number of H-pyrrole nitrogens is 1. The van der Waals surface area contributed by atoms with Crippen LogP contribution in [0.5, 0.6) is 0 Å². The van der Waals surface area contributed by atoms with Gasteiger partial charge in [0.1, 0.15) is 5.65 Å². The molecule has 1 saturated carbocycles. The summed E-state index contributed by atoms with van der Waals surface area (Å²) in [7, 11) is 0. The van der Waals surface area contributed by atoms with Crippen LogP contribution < -0.4 is 5.56 Å². The SMILES string of the molecule is O=C(O)N1CCC(c2cc(=O)[nH]c3c4c(C5CC5)cccc4nn23)CC1. The highest BCUT2D eigenvalue weighted by Gasteiger charge is 2.29. The minimum absolute atomic E-state index is 0.124. The Bertz CT molecular complexity index is 1070. The molecule has 1 aromatic carbocycles. The molecule has 2 aliphatic rings. The van der Waals surface area contributed by atoms with Gasteiger partial charge in [-0.25, -0.2) is 9.31 Å². The summed E-state index contributed by atoms with van der Waals surface area (Å²) in [5, 5.41) is 15.0. The second-order valence-electron chi connectivity index (χ2n) is 7.38. The van der Waals surface area contributed by atoms with Crippen molar-refractivity contribution in [3.8, 4) is 0 Å². The van der Waals surface area contributed by atoms with Crippen LogP contribution in [0.2, 0.25) is 0 Å². The third-order valence-electron chi connectivity index (χ3n) is 5.70. The maximum Gasteiger partial charge on any atom is 0.407 e. The van der Waals surface area contributed by atoms with Gasteiger partial charge >= 0.3 is 6.09 Å². The molecule has 7 heteroatoms. The molecule has 1 amide bonds. The number of amides is 1. The van der Waals surface area contributed by atoms with Gasteiger partial charge in [-0.3, -0.25) is 4.79 Å². The van der Waals surface area contributed by atoms with E-state index in [0.717, 1.165) is 22.2 Å². The minimum Gasteiger partial charge on any atom is -0.465 e. The topological polar surface area (TPSA) is 90.7 Å². The van der Waals surface area contributed by atoms with Crippen LogP contribution in [0.25, 0.3) is 16.6 Å². The molecular weight excluding hydrogens is 332 g/mol. The van der Waals surface area contributed by atoms with Crippen molar-refractivity contribution in [3.63, 3.8) is 0 Å². The zero-order valence-electron chi connectivity index (χ0n) is 14.3. The zero-order valence-corrected chi connectivity index (χ0v) is 14.3. The summed E-state index contributed by atoms with van der Waals surface area (Å²) < 4.78 is 1.87. The lowest BCUT2D eigenvalue weighted by Gasteiger charge is -2.30. The maximum absolute atomic E-state index is 12.4. The summed E-state index contributed by atoms with van der Waals surface area (Å²) >= 11 is 0. The predicted octanol–water partition coefficient (Wildman–Crippen LogP) is 2.91. The third kappa shape index (κ3) is 2.38. The Morgan fingerprint density at radius 1 is 1.15 bits per heavy atom. The van der Waals surface area contributed by atoms with Crippen molar-refractivity contribution >= 4 is 22.6 Å². The lowest BCUT2D eigenvalue weighted by Crippen LogP contribution is -2.37. The molecule has 3 aromatic rings. The molecule has 0 atom stereocenters. The van der Waals surface area contributed by atoms with Crippen molar-refractivity contribution in [2.24, 2.45) is 0 Å². The number of aromatic amines is 1. The molecule has 2 N–H and O–H groups in total. The third-order valence-corrected chi connectivity index (χ3v) is 5.70. The van der Waals surface area contributed by atoms with Crippen molar-refractivity contribution in [1.29, 1.82) is 0 Å². The molecule has 134 valence electrons. The monoisotopic (exact) mass is 352 g/mol. The van der Waals surface area contributed by atoms with Gasteiger partial charge in [0.05, 0.1) is 11.2 Å². The van der Waals surface area contributed by atoms with E-state index in [1.807, 2.05) is 16.6 Å². The Balaban J connectivity index is 1.65. The average Bonchev–Trinajstić information content (AvgIpc) is 3.42. The lowest BCUT2D eigenvalue weighted by molar-refractivity contribution is 0.131. The first-order valence-corrected chi connectivity index (χ1v) is 9.14. The minimum atomic E-state index is -0.876. The number of carbonyl (C=O) groups is 1. The van der Waals surface area contributed by atoms with E-state index in [-0.39, 0.29) is 11.5 Å². The molecule has 7 nitrogen and oxygen atoms in total. The number of piperidine rings is 1. The van der Waals surface area contributed by atoms with Gasteiger partial charge in [-0.15, -0.1) is 0 Å². The van der Waals surface area contributed by atoms with Gasteiger partial charge in [0, 0.05) is 30.5 Å². The number of benzene rings is 1. The second kappa shape index (κ2) is 5.59. The van der Waals surface area contributed by atoms with Crippen LogP contribution in [0.3, 0.4) is 0 Å². The Labute approximate surface area is 149 Å². The number of hydrogen-bond donors (Lipinski definition) is 2. The van der Waals surface area contributed by atoms with Crippen LogP contribution in [-0.2, 0) is 0 Å². The summed E-state index contributed by atoms with van der Waals surface area (Å²) in [4.78, 5) is 27.9. The summed E-state index contributed by atoms with van der Waals surface area (Å²) in [5.74, 6) is 0.701. The summed E-state index contributed by atoms with van der Waals surface area (Å²) in [6, 6.07) is 7.78. The van der Waals surface area contributed by atoms with E-state index in [2.05, 4.69) is 11.1 Å². The summed E-state index contributed by atoms with van der Waals surface area (Å²) in [6.45, 7) is 0.977. The average molecular weight is 352 g/mol. The van der Waals surface area contributed by atoms with Crippen LogP contribution in [0, 0.1) is 0 Å². The van der Waals surface area contributed by atoms with Crippen molar-refractivity contribution in [1.82, 2.24) is 19.5 Å². The summed E-state index contributed by atoms with van der Waals surface area (Å²) in [6.07, 6.45) is 2.91. The number of rotatable bonds is 2. The highest BCUT2D eigenvalue weighted by molar-refractivity contribution is 5.95. The molecule has 0 spiro atoms. The fourth-order valence-electron chi connectivity index (χ4n) is 4.20. The normalized spacial score (nSPS) is 18.7. The standard InChI is InChI=1S/C19H20N4O3/c24-16-10-15(12-6-8-22(9-7-12)19(25)26)23-18(20-16)17-13(11-4-5-11)2-1-3-14(17)21-23/h1-3,10-12H,4-9H2,(H,20,24)(H,25,26). The van der Waals surface area contributed by atoms with E-state index in [4.69, 9.17) is 10.2 Å². The highest BCUT2D eigenvalue weighted by atomic mass is 16.4. The Morgan fingerprint density at radius 3 is 2.62 bits per heavy atom. The van der Waals surface area contributed by atoms with Gasteiger partial charge in [0.15, 0.2) is 0 Å². The second-order valence-corrected chi connectivity index (χ2v) is 7.38. The molecule has 0 unspecified atom stereocenters. The van der Waals surface area contributed by atoms with Crippen molar-refractivity contribution in [3.05, 3.63) is 45.9 Å². The molecule has 0 bridgehead atoms. The van der Waals surface area contributed by atoms with Crippen molar-refractivity contribution < 1.29 is 9.90 Å². The molecule has 2 aromatic heterocycles. The largest absolute Gasteiger partial charge is 0.465 e. The van der Waals surface area contributed by atoms with E-state index in [9.17, 15) is 9.59 Å². The quantitative estimate of drug-likeness (QED) is 0.742. The lowest BCUT2D eigenvalue weighted by atomic mass is 9.93. The number of aromatic nitrogens is 3. The summed E-state index contributed by atoms with van der Waals surface area (Å²) in [5.41, 5.74) is 3.70. The fourth-order valence-corrected chi connectivity index (χ4v) is 4.20. The van der Waals surface area contributed by atoms with Gasteiger partial charge in [-0.2, -0.15) is 5.10 Å². The molecule has 1 aliphatic carbocycles. The molecule has 0 radical (unpaired) electrons. The predicted molar refractivity (Wildman–Crippen MR) is 96.9 cm³/mol. The maximum atomic E-state index is 12.4. The van der Waals surface area contributed by atoms with Crippen LogP contribution in [0.15, 0.2) is 29.1 Å². The van der Waals surface area contributed by atoms with Gasteiger partial charge in [0.25, 0.3) is 5.56 Å². The van der Waals surface area contributed by atoms with Gasteiger partial charge in [-0.05, 0) is 43.2 Å². The van der Waals surface area contributed by atoms with Crippen LogP contribution in [0.4, 0.5) is 4.79 Å². The number of nitrogens with zero attached hydrogens (tertiary/aromatic N) is 3. The first-order valence-electron chi connectivity index (χ1n) is 9.14. The Morgan fingerprint density at radius 2 is 1.92 bits per heavy atom. The number of nitrogens with one attached hydrogen (secondary N) is 1. The first-order chi connectivity index (χ1) is 12.6. The Kier molecular flexibility index (Phi) is 3.32. The van der Waals surface area contributed by atoms with Gasteiger partial charge < -0.3 is 15.0 Å². The van der Waals surface area contributed by atoms with E-state index in [1.54, 1.807) is 6.07 Å². The molecule has 26 heavy (non-hydrogen) atoms. The van der Waals surface area contributed by atoms with Crippen LogP contribution in [0.1, 0.15) is 48.8 Å². The van der Waals surface area contributed by atoms with Crippen LogP contribution >= 0.6 is 0 Å². The van der Waals surface area contributed by atoms with E-state index >= 15 is 0 Å². The molecular formula is C19H20N4O3. The molecule has 1 aliphatic heterocycles. The smallest absolute Gasteiger partial charge is 0.407 e. The van der Waals surface area contributed by atoms with Crippen molar-refractivity contribution in [2.75, 3.05) is 13.1 Å². The van der Waals surface area contributed by atoms with E-state index in [1.165, 1.54) is 23.3 Å². The van der Waals surface area contributed by atoms with E-state index in [0.29, 0.717) is 31.8 Å². The fraction of sp³-hybridized carbons (Fsp3) is 0.421. The number of hydrogen-bond acceptors (Lipinski definition) is 3. The van der Waals surface area contributed by atoms with E-state index < -0.39 is 6.09 Å².